The molecule has 0 spiro atoms. The highest BCUT2D eigenvalue weighted by atomic mass is 16.5. The number of anilines is 1. The number of ether oxygens (including phenoxy) is 1. The average molecular weight is 311 g/mol. The molecule has 0 atom stereocenters. The van der Waals surface area contributed by atoms with Crippen molar-refractivity contribution in [1.29, 1.82) is 0 Å². The number of benzene rings is 2. The van der Waals surface area contributed by atoms with Crippen LogP contribution >= 0.6 is 0 Å². The number of carbonyl (C=O) groups excluding carboxylic acids is 1. The maximum Gasteiger partial charge on any atom is 0.224 e. The zero-order valence-corrected chi connectivity index (χ0v) is 13.5. The Labute approximate surface area is 135 Å². The third-order valence-corrected chi connectivity index (χ3v) is 3.98. The highest BCUT2D eigenvalue weighted by molar-refractivity contribution is 6.07. The molecule has 3 rings (SSSR count). The van der Waals surface area contributed by atoms with Gasteiger partial charge in [-0.15, -0.1) is 0 Å². The molecule has 1 amide bonds. The van der Waals surface area contributed by atoms with Gasteiger partial charge in [0.1, 0.15) is 16.9 Å². The topological polar surface area (TPSA) is 51.5 Å². The van der Waals surface area contributed by atoms with Gasteiger partial charge in [-0.05, 0) is 18.6 Å². The van der Waals surface area contributed by atoms with Crippen molar-refractivity contribution in [2.75, 3.05) is 12.4 Å². The van der Waals surface area contributed by atoms with Crippen molar-refractivity contribution in [3.63, 3.8) is 0 Å². The number of para-hydroxylation sites is 1. The summed E-state index contributed by atoms with van der Waals surface area (Å²) in [5, 5.41) is 4.96. The molecule has 0 aliphatic heterocycles. The van der Waals surface area contributed by atoms with E-state index < -0.39 is 0 Å². The third-order valence-electron chi connectivity index (χ3n) is 3.98. The fourth-order valence-corrected chi connectivity index (χ4v) is 2.77. The normalized spacial score (nSPS) is 11.0. The number of hydrogen-bond donors (Lipinski definition) is 1. The molecule has 0 aliphatic carbocycles. The van der Waals surface area contributed by atoms with Gasteiger partial charge in [0, 0.05) is 23.3 Å². The molecular formula is C19H21NO3. The van der Waals surface area contributed by atoms with Crippen molar-refractivity contribution in [2.24, 2.45) is 0 Å². The van der Waals surface area contributed by atoms with Gasteiger partial charge in [0.05, 0.1) is 12.8 Å². The molecule has 4 nitrogen and oxygen atoms in total. The molecule has 3 aromatic rings. The molecule has 0 aliphatic rings. The quantitative estimate of drug-likeness (QED) is 0.643. The van der Waals surface area contributed by atoms with Gasteiger partial charge in [0.2, 0.25) is 5.91 Å². The van der Waals surface area contributed by atoms with E-state index in [1.54, 1.807) is 7.11 Å². The highest BCUT2D eigenvalue weighted by Crippen LogP contribution is 2.36. The van der Waals surface area contributed by atoms with Crippen molar-refractivity contribution in [3.8, 4) is 5.75 Å². The molecule has 1 aromatic heterocycles. The minimum absolute atomic E-state index is 0.00668. The second-order valence-electron chi connectivity index (χ2n) is 5.65. The Morgan fingerprint density at radius 1 is 1.13 bits per heavy atom. The molecule has 1 heterocycles. The molecule has 0 saturated carbocycles. The molecule has 0 unspecified atom stereocenters. The molecular weight excluding hydrogens is 290 g/mol. The summed E-state index contributed by atoms with van der Waals surface area (Å²) >= 11 is 0. The van der Waals surface area contributed by atoms with E-state index in [0.717, 1.165) is 41.2 Å². The van der Waals surface area contributed by atoms with Crippen molar-refractivity contribution in [3.05, 3.63) is 36.4 Å². The van der Waals surface area contributed by atoms with E-state index in [0.29, 0.717) is 17.9 Å². The minimum Gasteiger partial charge on any atom is -0.495 e. The van der Waals surface area contributed by atoms with E-state index in [9.17, 15) is 4.79 Å². The summed E-state index contributed by atoms with van der Waals surface area (Å²) in [7, 11) is 1.61. The first-order chi connectivity index (χ1) is 11.2. The lowest BCUT2D eigenvalue weighted by molar-refractivity contribution is -0.116. The van der Waals surface area contributed by atoms with Crippen molar-refractivity contribution in [1.82, 2.24) is 0 Å². The van der Waals surface area contributed by atoms with Crippen LogP contribution in [0, 0.1) is 0 Å². The SMILES string of the molecule is CCCCCC(=O)Nc1cc2oc3ccccc3c2cc1OC. The van der Waals surface area contributed by atoms with E-state index >= 15 is 0 Å². The van der Waals surface area contributed by atoms with Crippen LogP contribution < -0.4 is 10.1 Å². The Bertz CT molecular complexity index is 835. The lowest BCUT2D eigenvalue weighted by Crippen LogP contribution is -2.11. The average Bonchev–Trinajstić information content (AvgIpc) is 2.91. The van der Waals surface area contributed by atoms with Crippen LogP contribution in [0.4, 0.5) is 5.69 Å². The smallest absolute Gasteiger partial charge is 0.224 e. The lowest BCUT2D eigenvalue weighted by atomic mass is 10.1. The summed E-state index contributed by atoms with van der Waals surface area (Å²) in [6, 6.07) is 11.6. The Balaban J connectivity index is 1.93. The van der Waals surface area contributed by atoms with Gasteiger partial charge in [-0.2, -0.15) is 0 Å². The maximum atomic E-state index is 12.1. The molecule has 23 heavy (non-hydrogen) atoms. The first kappa shape index (κ1) is 15.4. The van der Waals surface area contributed by atoms with Gasteiger partial charge in [-0.1, -0.05) is 38.0 Å². The second-order valence-corrected chi connectivity index (χ2v) is 5.65. The van der Waals surface area contributed by atoms with E-state index in [2.05, 4.69) is 12.2 Å². The standard InChI is InChI=1S/C19H21NO3/c1-3-4-5-10-19(21)20-15-12-17-14(11-18(15)22-2)13-8-6-7-9-16(13)23-17/h6-9,11-12H,3-5,10H2,1-2H3,(H,20,21). The van der Waals surface area contributed by atoms with E-state index in [1.807, 2.05) is 36.4 Å². The zero-order valence-electron chi connectivity index (χ0n) is 13.5. The Kier molecular flexibility index (Phi) is 4.51. The van der Waals surface area contributed by atoms with Gasteiger partial charge in [0.15, 0.2) is 0 Å². The second kappa shape index (κ2) is 6.73. The van der Waals surface area contributed by atoms with Crippen LogP contribution in [0.15, 0.2) is 40.8 Å². The summed E-state index contributed by atoms with van der Waals surface area (Å²) in [6.07, 6.45) is 3.58. The fourth-order valence-electron chi connectivity index (χ4n) is 2.77. The summed E-state index contributed by atoms with van der Waals surface area (Å²) in [4.78, 5) is 12.1. The van der Waals surface area contributed by atoms with E-state index in [-0.39, 0.29) is 5.91 Å². The Morgan fingerprint density at radius 3 is 2.74 bits per heavy atom. The number of amides is 1. The Hall–Kier alpha value is -2.49. The first-order valence-corrected chi connectivity index (χ1v) is 8.02. The largest absolute Gasteiger partial charge is 0.495 e. The molecule has 4 heteroatoms. The van der Waals surface area contributed by atoms with Crippen LogP contribution in [0.5, 0.6) is 5.75 Å². The number of carbonyl (C=O) groups is 1. The van der Waals surface area contributed by atoms with Crippen LogP contribution in [-0.2, 0) is 4.79 Å². The zero-order chi connectivity index (χ0) is 16.2. The van der Waals surface area contributed by atoms with Crippen LogP contribution in [0.3, 0.4) is 0 Å². The maximum absolute atomic E-state index is 12.1. The monoisotopic (exact) mass is 311 g/mol. The molecule has 1 N–H and O–H groups in total. The van der Waals surface area contributed by atoms with Crippen molar-refractivity contribution in [2.45, 2.75) is 32.6 Å². The van der Waals surface area contributed by atoms with Crippen LogP contribution in [0.2, 0.25) is 0 Å². The summed E-state index contributed by atoms with van der Waals surface area (Å²) in [6.45, 7) is 2.12. The van der Waals surface area contributed by atoms with Gasteiger partial charge in [-0.3, -0.25) is 4.79 Å². The van der Waals surface area contributed by atoms with E-state index in [1.165, 1.54) is 0 Å². The van der Waals surface area contributed by atoms with Gasteiger partial charge >= 0.3 is 0 Å². The predicted molar refractivity (Wildman–Crippen MR) is 93.0 cm³/mol. The number of furan rings is 1. The van der Waals surface area contributed by atoms with Crippen molar-refractivity contribution < 1.29 is 13.9 Å². The number of unbranched alkanes of at least 4 members (excludes halogenated alkanes) is 2. The highest BCUT2D eigenvalue weighted by Gasteiger charge is 2.13. The van der Waals surface area contributed by atoms with Gasteiger partial charge in [0.25, 0.3) is 0 Å². The molecule has 2 aromatic carbocycles. The van der Waals surface area contributed by atoms with Gasteiger partial charge in [-0.25, -0.2) is 0 Å². The summed E-state index contributed by atoms with van der Waals surface area (Å²) < 4.78 is 11.3. The lowest BCUT2D eigenvalue weighted by Gasteiger charge is -2.10. The Morgan fingerprint density at radius 2 is 1.96 bits per heavy atom. The number of hydrogen-bond acceptors (Lipinski definition) is 3. The predicted octanol–water partition coefficient (Wildman–Crippen LogP) is 5.11. The minimum atomic E-state index is 0.00668. The van der Waals surface area contributed by atoms with Crippen LogP contribution in [0.1, 0.15) is 32.6 Å². The summed E-state index contributed by atoms with van der Waals surface area (Å²) in [5.74, 6) is 0.653. The third kappa shape index (κ3) is 3.16. The molecule has 0 bridgehead atoms. The number of rotatable bonds is 6. The molecule has 120 valence electrons. The fraction of sp³-hybridized carbons (Fsp3) is 0.316. The van der Waals surface area contributed by atoms with Crippen LogP contribution in [-0.4, -0.2) is 13.0 Å². The van der Waals surface area contributed by atoms with Crippen LogP contribution in [0.25, 0.3) is 21.9 Å². The number of nitrogens with one attached hydrogen (secondary N) is 1. The number of methoxy groups -OCH3 is 1. The molecule has 0 fully saturated rings. The first-order valence-electron chi connectivity index (χ1n) is 8.02. The van der Waals surface area contributed by atoms with E-state index in [4.69, 9.17) is 9.15 Å². The summed E-state index contributed by atoms with van der Waals surface area (Å²) in [5.41, 5.74) is 2.23. The molecule has 0 radical (unpaired) electrons. The number of fused-ring (bicyclic) bond motifs is 3. The van der Waals surface area contributed by atoms with Crippen molar-refractivity contribution >= 4 is 33.5 Å². The molecule has 0 saturated heterocycles. The van der Waals surface area contributed by atoms with Gasteiger partial charge < -0.3 is 14.5 Å².